The lowest BCUT2D eigenvalue weighted by Crippen LogP contribution is -2.32. The second kappa shape index (κ2) is 5.17. The zero-order chi connectivity index (χ0) is 14.2. The Morgan fingerprint density at radius 2 is 1.95 bits per heavy atom. The van der Waals surface area contributed by atoms with Gasteiger partial charge in [-0.25, -0.2) is 4.79 Å². The summed E-state index contributed by atoms with van der Waals surface area (Å²) in [6.07, 6.45) is 0. The maximum Gasteiger partial charge on any atom is 0.327 e. The van der Waals surface area contributed by atoms with Crippen LogP contribution < -0.4 is 5.56 Å². The van der Waals surface area contributed by atoms with Crippen molar-refractivity contribution in [3.63, 3.8) is 0 Å². The van der Waals surface area contributed by atoms with E-state index < -0.39 is 12.0 Å². The first-order chi connectivity index (χ1) is 8.91. The summed E-state index contributed by atoms with van der Waals surface area (Å²) < 4.78 is 2.25. The van der Waals surface area contributed by atoms with Gasteiger partial charge in [-0.2, -0.15) is 0 Å². The molecule has 0 spiro atoms. The Labute approximate surface area is 118 Å². The maximum atomic E-state index is 12.1. The molecule has 1 heterocycles. The zero-order valence-electron chi connectivity index (χ0n) is 10.6. The van der Waals surface area contributed by atoms with Crippen LogP contribution in [0, 0.1) is 5.92 Å². The molecule has 19 heavy (non-hydrogen) atoms. The molecular formula is C14H14BrNO3. The molecular weight excluding hydrogens is 310 g/mol. The second-order valence-corrected chi connectivity index (χ2v) is 5.69. The van der Waals surface area contributed by atoms with E-state index in [4.69, 9.17) is 0 Å². The number of fused-ring (bicyclic) bond motifs is 1. The van der Waals surface area contributed by atoms with Gasteiger partial charge in [-0.3, -0.25) is 9.36 Å². The maximum absolute atomic E-state index is 12.1. The molecule has 4 nitrogen and oxygen atoms in total. The third-order valence-corrected chi connectivity index (χ3v) is 3.55. The van der Waals surface area contributed by atoms with Gasteiger partial charge in [0, 0.05) is 10.5 Å². The van der Waals surface area contributed by atoms with E-state index in [-0.39, 0.29) is 11.5 Å². The fourth-order valence-electron chi connectivity index (χ4n) is 2.22. The Hall–Kier alpha value is -1.62. The van der Waals surface area contributed by atoms with Crippen LogP contribution in [0.2, 0.25) is 0 Å². The van der Waals surface area contributed by atoms with E-state index in [1.807, 2.05) is 6.07 Å². The first kappa shape index (κ1) is 13.8. The predicted octanol–water partition coefficient (Wildman–Crippen LogP) is 3.05. The van der Waals surface area contributed by atoms with Gasteiger partial charge < -0.3 is 5.11 Å². The van der Waals surface area contributed by atoms with Gasteiger partial charge in [0.05, 0.1) is 5.52 Å². The molecule has 1 N–H and O–H groups in total. The topological polar surface area (TPSA) is 59.3 Å². The van der Waals surface area contributed by atoms with Gasteiger partial charge in [0.2, 0.25) is 0 Å². The third kappa shape index (κ3) is 2.56. The number of aromatic nitrogens is 1. The van der Waals surface area contributed by atoms with Crippen molar-refractivity contribution < 1.29 is 9.90 Å². The molecule has 1 aromatic heterocycles. The van der Waals surface area contributed by atoms with Crippen LogP contribution in [0.1, 0.15) is 19.9 Å². The van der Waals surface area contributed by atoms with Crippen LogP contribution in [-0.4, -0.2) is 15.6 Å². The van der Waals surface area contributed by atoms with E-state index in [9.17, 15) is 14.7 Å². The number of halogens is 1. The zero-order valence-corrected chi connectivity index (χ0v) is 12.2. The Kier molecular flexibility index (Phi) is 3.75. The Morgan fingerprint density at radius 1 is 1.26 bits per heavy atom. The predicted molar refractivity (Wildman–Crippen MR) is 77.4 cm³/mol. The molecule has 0 bridgehead atoms. The summed E-state index contributed by atoms with van der Waals surface area (Å²) in [5, 5.41) is 10.2. The van der Waals surface area contributed by atoms with Gasteiger partial charge in [-0.05, 0) is 35.6 Å². The number of carbonyl (C=O) groups is 1. The van der Waals surface area contributed by atoms with Gasteiger partial charge in [-0.1, -0.05) is 29.8 Å². The van der Waals surface area contributed by atoms with E-state index in [2.05, 4.69) is 15.9 Å². The minimum Gasteiger partial charge on any atom is -0.480 e. The average molecular weight is 324 g/mol. The summed E-state index contributed by atoms with van der Waals surface area (Å²) in [6, 6.07) is 7.68. The van der Waals surface area contributed by atoms with Crippen LogP contribution in [-0.2, 0) is 4.79 Å². The fraction of sp³-hybridized carbons (Fsp3) is 0.286. The average Bonchev–Trinajstić information content (AvgIpc) is 2.31. The van der Waals surface area contributed by atoms with Crippen molar-refractivity contribution in [3.05, 3.63) is 45.2 Å². The number of carboxylic acid groups (broad SMARTS) is 1. The van der Waals surface area contributed by atoms with Crippen LogP contribution in [0.3, 0.4) is 0 Å². The number of aliphatic carboxylic acids is 1. The lowest BCUT2D eigenvalue weighted by atomic mass is 10.0. The minimum absolute atomic E-state index is 0.176. The monoisotopic (exact) mass is 323 g/mol. The summed E-state index contributed by atoms with van der Waals surface area (Å²) in [7, 11) is 0. The van der Waals surface area contributed by atoms with Gasteiger partial charge in [0.25, 0.3) is 5.56 Å². The smallest absolute Gasteiger partial charge is 0.327 e. The second-order valence-electron chi connectivity index (χ2n) is 4.77. The summed E-state index contributed by atoms with van der Waals surface area (Å²) in [4.78, 5) is 23.5. The van der Waals surface area contributed by atoms with Gasteiger partial charge >= 0.3 is 5.97 Å². The first-order valence-corrected chi connectivity index (χ1v) is 6.74. The molecule has 2 rings (SSSR count). The lowest BCUT2D eigenvalue weighted by Gasteiger charge is -2.21. The minimum atomic E-state index is -0.993. The standard InChI is InChI=1S/C14H14BrNO3/c1-8(2)13(14(18)19)16-11-5-4-10(15)7-9(11)3-6-12(16)17/h3-8,13H,1-2H3,(H,18,19). The number of nitrogens with zero attached hydrogens (tertiary/aromatic N) is 1. The normalized spacial score (nSPS) is 12.8. The van der Waals surface area contributed by atoms with Gasteiger partial charge in [-0.15, -0.1) is 0 Å². The number of pyridine rings is 1. The fourth-order valence-corrected chi connectivity index (χ4v) is 2.60. The molecule has 0 radical (unpaired) electrons. The van der Waals surface area contributed by atoms with Crippen LogP contribution >= 0.6 is 15.9 Å². The van der Waals surface area contributed by atoms with Crippen molar-refractivity contribution in [1.29, 1.82) is 0 Å². The highest BCUT2D eigenvalue weighted by atomic mass is 79.9. The molecule has 1 aromatic carbocycles. The van der Waals surface area contributed by atoms with E-state index in [0.29, 0.717) is 5.52 Å². The van der Waals surface area contributed by atoms with Crippen molar-refractivity contribution >= 4 is 32.8 Å². The molecule has 100 valence electrons. The molecule has 0 amide bonds. The molecule has 0 aliphatic rings. The molecule has 1 unspecified atom stereocenters. The van der Waals surface area contributed by atoms with E-state index in [1.165, 1.54) is 10.6 Å². The van der Waals surface area contributed by atoms with Gasteiger partial charge in [0.15, 0.2) is 0 Å². The number of carboxylic acids is 1. The highest BCUT2D eigenvalue weighted by Gasteiger charge is 2.25. The number of benzene rings is 1. The van der Waals surface area contributed by atoms with Crippen LogP contribution in [0.25, 0.3) is 10.9 Å². The number of hydrogen-bond donors (Lipinski definition) is 1. The summed E-state index contributed by atoms with van der Waals surface area (Å²) >= 11 is 3.37. The SMILES string of the molecule is CC(C)C(C(=O)O)n1c(=O)ccc2cc(Br)ccc21. The molecule has 0 saturated heterocycles. The van der Waals surface area contributed by atoms with Crippen molar-refractivity contribution in [1.82, 2.24) is 4.57 Å². The Morgan fingerprint density at radius 3 is 2.53 bits per heavy atom. The number of hydrogen-bond acceptors (Lipinski definition) is 2. The van der Waals surface area contributed by atoms with Crippen LogP contribution in [0.5, 0.6) is 0 Å². The Balaban J connectivity index is 2.81. The molecule has 0 saturated carbocycles. The first-order valence-electron chi connectivity index (χ1n) is 5.95. The lowest BCUT2D eigenvalue weighted by molar-refractivity contribution is -0.142. The van der Waals surface area contributed by atoms with E-state index in [1.54, 1.807) is 32.0 Å². The molecule has 0 fully saturated rings. The molecule has 2 aromatic rings. The highest BCUT2D eigenvalue weighted by Crippen LogP contribution is 2.24. The largest absolute Gasteiger partial charge is 0.480 e. The van der Waals surface area contributed by atoms with Crippen LogP contribution in [0.15, 0.2) is 39.6 Å². The number of rotatable bonds is 3. The van der Waals surface area contributed by atoms with E-state index >= 15 is 0 Å². The summed E-state index contributed by atoms with van der Waals surface area (Å²) in [5.41, 5.74) is 0.340. The summed E-state index contributed by atoms with van der Waals surface area (Å²) in [6.45, 7) is 3.59. The quantitative estimate of drug-likeness (QED) is 0.944. The van der Waals surface area contributed by atoms with Crippen LogP contribution in [0.4, 0.5) is 0 Å². The van der Waals surface area contributed by atoms with Crippen molar-refractivity contribution in [2.45, 2.75) is 19.9 Å². The third-order valence-electron chi connectivity index (χ3n) is 3.05. The van der Waals surface area contributed by atoms with Crippen molar-refractivity contribution in [3.8, 4) is 0 Å². The molecule has 1 atom stereocenters. The molecule has 0 aliphatic carbocycles. The highest BCUT2D eigenvalue weighted by molar-refractivity contribution is 9.10. The van der Waals surface area contributed by atoms with Crippen molar-refractivity contribution in [2.24, 2.45) is 5.92 Å². The summed E-state index contributed by atoms with van der Waals surface area (Å²) in [5.74, 6) is -1.17. The van der Waals surface area contributed by atoms with Gasteiger partial charge in [0.1, 0.15) is 6.04 Å². The molecule has 0 aliphatic heterocycles. The molecule has 5 heteroatoms. The van der Waals surface area contributed by atoms with Crippen molar-refractivity contribution in [2.75, 3.05) is 0 Å². The Bertz CT molecular complexity index is 691. The van der Waals surface area contributed by atoms with E-state index in [0.717, 1.165) is 9.86 Å².